The van der Waals surface area contributed by atoms with E-state index in [1.54, 1.807) is 13.3 Å². The van der Waals surface area contributed by atoms with E-state index in [2.05, 4.69) is 27.3 Å². The highest BCUT2D eigenvalue weighted by Crippen LogP contribution is 2.26. The zero-order chi connectivity index (χ0) is 13.7. The largest absolute Gasteiger partial charge is 0.382 e. The van der Waals surface area contributed by atoms with E-state index in [0.29, 0.717) is 6.10 Å². The minimum atomic E-state index is 0. The highest BCUT2D eigenvalue weighted by atomic mass is 16.5. The van der Waals surface area contributed by atoms with Crippen molar-refractivity contribution in [1.82, 2.24) is 15.2 Å². The van der Waals surface area contributed by atoms with Gasteiger partial charge in [-0.25, -0.2) is 0 Å². The first-order chi connectivity index (χ1) is 9.22. The van der Waals surface area contributed by atoms with Crippen LogP contribution in [0.4, 0.5) is 0 Å². The molecule has 0 spiro atoms. The maximum Gasteiger partial charge on any atom is 0.0671 e. The van der Waals surface area contributed by atoms with Gasteiger partial charge in [0.1, 0.15) is 0 Å². The summed E-state index contributed by atoms with van der Waals surface area (Å²) in [6, 6.07) is 10.2. The van der Waals surface area contributed by atoms with Crippen LogP contribution >= 0.6 is 0 Å². The van der Waals surface area contributed by atoms with Crippen molar-refractivity contribution in [2.75, 3.05) is 7.11 Å². The summed E-state index contributed by atoms with van der Waals surface area (Å²) < 4.78 is 4.75. The Morgan fingerprint density at radius 2 is 1.95 bits per heavy atom. The Bertz CT molecular complexity index is 617. The molecular weight excluding hydrogens is 238 g/mol. The van der Waals surface area contributed by atoms with Gasteiger partial charge in [0.2, 0.25) is 0 Å². The number of para-hydroxylation sites is 1. The Morgan fingerprint density at radius 3 is 2.58 bits per heavy atom. The fourth-order valence-electron chi connectivity index (χ4n) is 1.70. The Kier molecular flexibility index (Phi) is 4.36. The van der Waals surface area contributed by atoms with Crippen LogP contribution in [0.1, 0.15) is 15.3 Å². The van der Waals surface area contributed by atoms with E-state index in [-0.39, 0.29) is 1.43 Å². The van der Waals surface area contributed by atoms with E-state index < -0.39 is 0 Å². The van der Waals surface area contributed by atoms with Crippen molar-refractivity contribution in [2.24, 2.45) is 0 Å². The van der Waals surface area contributed by atoms with Crippen LogP contribution in [0.2, 0.25) is 0 Å². The molecule has 0 radical (unpaired) electrons. The van der Waals surface area contributed by atoms with Crippen LogP contribution in [0.5, 0.6) is 0 Å². The summed E-state index contributed by atoms with van der Waals surface area (Å²) in [5.41, 5.74) is 3.36. The zero-order valence-electron chi connectivity index (χ0n) is 11.5. The third-order valence-corrected chi connectivity index (χ3v) is 2.85. The molecule has 0 unspecified atom stereocenters. The molecule has 2 heterocycles. The van der Waals surface area contributed by atoms with Gasteiger partial charge in [-0.3, -0.25) is 5.10 Å². The molecule has 0 aliphatic rings. The average molecular weight is 259 g/mol. The standard InChI is InChI=1S/C11H9N3.C4H10O.H2/c1-2-4-10-8(3-1)9(7-12-10)11-5-6-13-14-11;1-4(2)5-3;/h1-7,12H,(H,13,14);4H,1-3H3;1H. The SMILES string of the molecule is COC(C)C.[HH].c1ccc2c(-c3ccn[nH]3)c[nH]c2c1. The number of aromatic nitrogens is 3. The molecule has 4 heteroatoms. The second-order valence-electron chi connectivity index (χ2n) is 4.50. The topological polar surface area (TPSA) is 53.7 Å². The summed E-state index contributed by atoms with van der Waals surface area (Å²) in [7, 11) is 1.70. The van der Waals surface area contributed by atoms with Gasteiger partial charge in [-0.1, -0.05) is 18.2 Å². The predicted octanol–water partition coefficient (Wildman–Crippen LogP) is 3.85. The predicted molar refractivity (Wildman–Crippen MR) is 80.1 cm³/mol. The van der Waals surface area contributed by atoms with E-state index in [1.165, 1.54) is 5.39 Å². The summed E-state index contributed by atoms with van der Waals surface area (Å²) in [4.78, 5) is 3.23. The van der Waals surface area contributed by atoms with Crippen LogP contribution in [0, 0.1) is 0 Å². The molecule has 0 bridgehead atoms. The monoisotopic (exact) mass is 259 g/mol. The number of aromatic amines is 2. The molecule has 0 aliphatic carbocycles. The minimum absolute atomic E-state index is 0. The van der Waals surface area contributed by atoms with Gasteiger partial charge in [-0.15, -0.1) is 0 Å². The molecular formula is C15H21N3O. The smallest absolute Gasteiger partial charge is 0.0671 e. The average Bonchev–Trinajstić information content (AvgIpc) is 3.07. The summed E-state index contributed by atoms with van der Waals surface area (Å²) in [5, 5.41) is 8.13. The molecule has 0 amide bonds. The number of methoxy groups -OCH3 is 1. The number of benzene rings is 1. The number of hydrogen-bond acceptors (Lipinski definition) is 2. The Balaban J connectivity index is 0.000000293. The molecule has 3 rings (SSSR count). The lowest BCUT2D eigenvalue weighted by Gasteiger charge is -1.94. The number of ether oxygens (including phenoxy) is 1. The Hall–Kier alpha value is -2.07. The van der Waals surface area contributed by atoms with Crippen LogP contribution in [-0.2, 0) is 4.74 Å². The minimum Gasteiger partial charge on any atom is -0.382 e. The van der Waals surface area contributed by atoms with Gasteiger partial charge in [-0.2, -0.15) is 5.10 Å². The third-order valence-electron chi connectivity index (χ3n) is 2.85. The lowest BCUT2D eigenvalue weighted by atomic mass is 10.1. The molecule has 0 aliphatic heterocycles. The fourth-order valence-corrected chi connectivity index (χ4v) is 1.70. The van der Waals surface area contributed by atoms with Crippen LogP contribution in [0.15, 0.2) is 42.7 Å². The van der Waals surface area contributed by atoms with Gasteiger partial charge in [-0.05, 0) is 26.0 Å². The second-order valence-corrected chi connectivity index (χ2v) is 4.50. The molecule has 102 valence electrons. The van der Waals surface area contributed by atoms with E-state index >= 15 is 0 Å². The van der Waals surface area contributed by atoms with E-state index in [0.717, 1.165) is 16.8 Å². The number of nitrogens with one attached hydrogen (secondary N) is 2. The van der Waals surface area contributed by atoms with Crippen molar-refractivity contribution in [2.45, 2.75) is 20.0 Å². The molecule has 2 aromatic heterocycles. The lowest BCUT2D eigenvalue weighted by Crippen LogP contribution is -1.94. The molecule has 0 fully saturated rings. The fraction of sp³-hybridized carbons (Fsp3) is 0.267. The van der Waals surface area contributed by atoms with Gasteiger partial charge >= 0.3 is 0 Å². The quantitative estimate of drug-likeness (QED) is 0.734. The van der Waals surface area contributed by atoms with Crippen molar-refractivity contribution in [3.05, 3.63) is 42.7 Å². The summed E-state index contributed by atoms with van der Waals surface area (Å²) >= 11 is 0. The number of H-pyrrole nitrogens is 2. The van der Waals surface area contributed by atoms with E-state index in [4.69, 9.17) is 4.74 Å². The van der Waals surface area contributed by atoms with Gasteiger partial charge < -0.3 is 9.72 Å². The molecule has 0 saturated heterocycles. The molecule has 1 aromatic carbocycles. The normalized spacial score (nSPS) is 10.5. The summed E-state index contributed by atoms with van der Waals surface area (Å²) in [6.07, 6.45) is 4.14. The highest BCUT2D eigenvalue weighted by Gasteiger charge is 2.05. The number of hydrogen-bond donors (Lipinski definition) is 2. The van der Waals surface area contributed by atoms with Gasteiger partial charge in [0.15, 0.2) is 0 Å². The maximum absolute atomic E-state index is 4.75. The maximum atomic E-state index is 4.75. The lowest BCUT2D eigenvalue weighted by molar-refractivity contribution is 0.134. The molecule has 3 aromatic rings. The first-order valence-electron chi connectivity index (χ1n) is 6.31. The van der Waals surface area contributed by atoms with Crippen molar-refractivity contribution in [3.8, 4) is 11.3 Å². The van der Waals surface area contributed by atoms with Crippen LogP contribution in [0.25, 0.3) is 22.2 Å². The first kappa shape index (κ1) is 13.4. The van der Waals surface area contributed by atoms with Crippen molar-refractivity contribution < 1.29 is 6.16 Å². The molecule has 2 N–H and O–H groups in total. The van der Waals surface area contributed by atoms with E-state index in [9.17, 15) is 0 Å². The van der Waals surface area contributed by atoms with Crippen molar-refractivity contribution in [1.29, 1.82) is 0 Å². The van der Waals surface area contributed by atoms with Crippen LogP contribution < -0.4 is 0 Å². The highest BCUT2D eigenvalue weighted by molar-refractivity contribution is 5.94. The molecule has 0 atom stereocenters. The summed E-state index contributed by atoms with van der Waals surface area (Å²) in [6.45, 7) is 4.00. The number of nitrogens with zero attached hydrogens (tertiary/aromatic N) is 1. The van der Waals surface area contributed by atoms with Gasteiger partial charge in [0.25, 0.3) is 0 Å². The third kappa shape index (κ3) is 3.23. The molecule has 4 nitrogen and oxygen atoms in total. The Morgan fingerprint density at radius 1 is 1.21 bits per heavy atom. The van der Waals surface area contributed by atoms with Gasteiger partial charge in [0.05, 0.1) is 11.8 Å². The van der Waals surface area contributed by atoms with Crippen LogP contribution in [0.3, 0.4) is 0 Å². The zero-order valence-corrected chi connectivity index (χ0v) is 11.5. The van der Waals surface area contributed by atoms with Crippen molar-refractivity contribution >= 4 is 10.9 Å². The number of fused-ring (bicyclic) bond motifs is 1. The van der Waals surface area contributed by atoms with E-state index in [1.807, 2.05) is 38.2 Å². The first-order valence-corrected chi connectivity index (χ1v) is 6.31. The molecule has 19 heavy (non-hydrogen) atoms. The van der Waals surface area contributed by atoms with Crippen LogP contribution in [-0.4, -0.2) is 28.4 Å². The second kappa shape index (κ2) is 6.20. The summed E-state index contributed by atoms with van der Waals surface area (Å²) in [5.74, 6) is 0. The Labute approximate surface area is 114 Å². The number of rotatable bonds is 2. The van der Waals surface area contributed by atoms with Crippen molar-refractivity contribution in [3.63, 3.8) is 0 Å². The molecule has 0 saturated carbocycles. The van der Waals surface area contributed by atoms with Gasteiger partial charge in [0, 0.05) is 37.4 Å².